The largest absolute Gasteiger partial charge is 0.492 e. The first-order valence-electron chi connectivity index (χ1n) is 8.00. The number of carbonyl (C=O) groups excluding carboxylic acids is 1. The summed E-state index contributed by atoms with van der Waals surface area (Å²) in [5, 5.41) is 21.8. The summed E-state index contributed by atoms with van der Waals surface area (Å²) in [7, 11) is -8.81. The topological polar surface area (TPSA) is 198 Å². The average Bonchev–Trinajstić information content (AvgIpc) is 3.01. The number of nitrogens with zero attached hydrogens (tertiary/aromatic N) is 4. The first-order chi connectivity index (χ1) is 14.5. The van der Waals surface area contributed by atoms with Crippen LogP contribution in [-0.4, -0.2) is 47.3 Å². The standard InChI is InChI=1S/C16H12N4O9S2/c21-9-29-15-14(18-17-10-1-5-12(6-2-10)30(23,24)25)16(22)20(19-15)11-3-7-13(8-4-11)31(26,27)28/h1-9,22H,(H,23,24,25)(H,26,27,28). The molecule has 162 valence electrons. The highest BCUT2D eigenvalue weighted by Gasteiger charge is 2.21. The second-order valence-corrected chi connectivity index (χ2v) is 8.58. The second-order valence-electron chi connectivity index (χ2n) is 5.74. The Balaban J connectivity index is 1.98. The van der Waals surface area contributed by atoms with Crippen molar-refractivity contribution in [2.24, 2.45) is 10.2 Å². The molecule has 15 heteroatoms. The van der Waals surface area contributed by atoms with Gasteiger partial charge in [0.25, 0.3) is 32.6 Å². The minimum Gasteiger partial charge on any atom is -0.492 e. The van der Waals surface area contributed by atoms with Crippen LogP contribution in [0.3, 0.4) is 0 Å². The van der Waals surface area contributed by atoms with Crippen molar-refractivity contribution in [1.82, 2.24) is 9.78 Å². The zero-order valence-electron chi connectivity index (χ0n) is 15.1. The van der Waals surface area contributed by atoms with Crippen LogP contribution in [0.25, 0.3) is 5.69 Å². The van der Waals surface area contributed by atoms with Gasteiger partial charge in [-0.1, -0.05) is 0 Å². The van der Waals surface area contributed by atoms with Crippen LogP contribution in [0.2, 0.25) is 0 Å². The van der Waals surface area contributed by atoms with Crippen molar-refractivity contribution in [1.29, 1.82) is 0 Å². The molecule has 0 amide bonds. The monoisotopic (exact) mass is 468 g/mol. The van der Waals surface area contributed by atoms with Gasteiger partial charge in [-0.25, -0.2) is 0 Å². The molecule has 31 heavy (non-hydrogen) atoms. The van der Waals surface area contributed by atoms with Crippen LogP contribution < -0.4 is 4.74 Å². The van der Waals surface area contributed by atoms with Crippen LogP contribution in [0, 0.1) is 0 Å². The quantitative estimate of drug-likeness (QED) is 0.262. The molecule has 3 aromatic rings. The van der Waals surface area contributed by atoms with Gasteiger partial charge in [0.2, 0.25) is 11.6 Å². The number of aromatic hydroxyl groups is 1. The molecule has 0 bridgehead atoms. The summed E-state index contributed by atoms with van der Waals surface area (Å²) < 4.78 is 67.9. The third-order valence-electron chi connectivity index (χ3n) is 3.74. The highest BCUT2D eigenvalue weighted by Crippen LogP contribution is 2.39. The molecule has 2 aromatic carbocycles. The molecule has 0 unspecified atom stereocenters. The number of hydrogen-bond acceptors (Lipinski definition) is 10. The first kappa shape index (κ1) is 22.0. The number of ether oxygens (including phenoxy) is 1. The van der Waals surface area contributed by atoms with E-state index in [1.54, 1.807) is 0 Å². The zero-order valence-corrected chi connectivity index (χ0v) is 16.7. The molecule has 1 aromatic heterocycles. The molecule has 0 saturated heterocycles. The van der Waals surface area contributed by atoms with Crippen molar-refractivity contribution in [2.75, 3.05) is 0 Å². The lowest BCUT2D eigenvalue weighted by Gasteiger charge is -2.03. The molecule has 0 spiro atoms. The van der Waals surface area contributed by atoms with Gasteiger partial charge in [-0.15, -0.1) is 10.2 Å². The summed E-state index contributed by atoms with van der Waals surface area (Å²) in [6.45, 7) is 0.0352. The maximum Gasteiger partial charge on any atom is 0.299 e. The summed E-state index contributed by atoms with van der Waals surface area (Å²) >= 11 is 0. The summed E-state index contributed by atoms with van der Waals surface area (Å²) in [5.74, 6) is -1.04. The highest BCUT2D eigenvalue weighted by molar-refractivity contribution is 7.86. The van der Waals surface area contributed by atoms with Crippen molar-refractivity contribution in [3.05, 3.63) is 48.5 Å². The first-order valence-corrected chi connectivity index (χ1v) is 10.9. The van der Waals surface area contributed by atoms with Gasteiger partial charge >= 0.3 is 0 Å². The highest BCUT2D eigenvalue weighted by atomic mass is 32.2. The Labute approximate surface area is 174 Å². The van der Waals surface area contributed by atoms with Crippen molar-refractivity contribution in [2.45, 2.75) is 9.79 Å². The lowest BCUT2D eigenvalue weighted by molar-refractivity contribution is -0.120. The van der Waals surface area contributed by atoms with E-state index in [2.05, 4.69) is 20.1 Å². The zero-order chi connectivity index (χ0) is 22.8. The molecule has 0 atom stereocenters. The molecule has 3 rings (SSSR count). The molecule has 1 heterocycles. The predicted octanol–water partition coefficient (Wildman–Crippen LogP) is 2.02. The van der Waals surface area contributed by atoms with E-state index in [4.69, 9.17) is 9.11 Å². The van der Waals surface area contributed by atoms with E-state index >= 15 is 0 Å². The molecule has 0 aliphatic rings. The minimum absolute atomic E-state index is 0.0352. The maximum atomic E-state index is 11.1. The fourth-order valence-corrected chi connectivity index (χ4v) is 3.29. The van der Waals surface area contributed by atoms with Crippen LogP contribution in [0.5, 0.6) is 11.8 Å². The van der Waals surface area contributed by atoms with E-state index in [9.17, 15) is 26.7 Å². The summed E-state index contributed by atoms with van der Waals surface area (Å²) in [6, 6.07) is 9.16. The van der Waals surface area contributed by atoms with E-state index in [0.717, 1.165) is 28.9 Å². The Morgan fingerprint density at radius 2 is 1.39 bits per heavy atom. The number of hydrogen-bond donors (Lipinski definition) is 3. The molecule has 3 N–H and O–H groups in total. The van der Waals surface area contributed by atoms with Gasteiger partial charge in [0, 0.05) is 0 Å². The lowest BCUT2D eigenvalue weighted by atomic mass is 10.3. The van der Waals surface area contributed by atoms with Crippen molar-refractivity contribution in [3.63, 3.8) is 0 Å². The van der Waals surface area contributed by atoms with Gasteiger partial charge in [-0.2, -0.15) is 26.6 Å². The minimum atomic E-state index is -4.43. The molecule has 0 aliphatic carbocycles. The van der Waals surface area contributed by atoms with Crippen LogP contribution in [-0.2, 0) is 25.0 Å². The van der Waals surface area contributed by atoms with E-state index in [1.165, 1.54) is 24.3 Å². The Bertz CT molecular complexity index is 1360. The van der Waals surface area contributed by atoms with Crippen LogP contribution in [0.4, 0.5) is 11.4 Å². The summed E-state index contributed by atoms with van der Waals surface area (Å²) in [5.41, 5.74) is -0.0847. The van der Waals surface area contributed by atoms with E-state index in [0.29, 0.717) is 0 Å². The second kappa shape index (κ2) is 8.23. The van der Waals surface area contributed by atoms with E-state index in [-0.39, 0.29) is 33.3 Å². The average molecular weight is 468 g/mol. The van der Waals surface area contributed by atoms with Gasteiger partial charge in [0.05, 0.1) is 21.2 Å². The molecule has 0 saturated carbocycles. The number of benzene rings is 2. The number of azo groups is 1. The smallest absolute Gasteiger partial charge is 0.299 e. The molecule has 0 fully saturated rings. The summed E-state index contributed by atoms with van der Waals surface area (Å²) in [4.78, 5) is 9.99. The Kier molecular flexibility index (Phi) is 5.85. The molecular formula is C16H12N4O9S2. The van der Waals surface area contributed by atoms with Crippen LogP contribution in [0.15, 0.2) is 68.6 Å². The van der Waals surface area contributed by atoms with Gasteiger partial charge in [0.15, 0.2) is 0 Å². The molecule has 13 nitrogen and oxygen atoms in total. The van der Waals surface area contributed by atoms with Gasteiger partial charge < -0.3 is 9.84 Å². The van der Waals surface area contributed by atoms with Crippen LogP contribution >= 0.6 is 0 Å². The summed E-state index contributed by atoms with van der Waals surface area (Å²) in [6.07, 6.45) is 0. The van der Waals surface area contributed by atoms with Crippen molar-refractivity contribution < 1.29 is 40.6 Å². The predicted molar refractivity (Wildman–Crippen MR) is 102 cm³/mol. The van der Waals surface area contributed by atoms with Crippen molar-refractivity contribution >= 4 is 38.1 Å². The molecule has 0 aliphatic heterocycles. The fourth-order valence-electron chi connectivity index (χ4n) is 2.33. The SMILES string of the molecule is O=COc1nn(-c2ccc(S(=O)(=O)O)cc2)c(O)c1N=Nc1ccc(S(=O)(=O)O)cc1. The Morgan fingerprint density at radius 1 is 0.871 bits per heavy atom. The fraction of sp³-hybridized carbons (Fsp3) is 0. The Morgan fingerprint density at radius 3 is 1.87 bits per heavy atom. The van der Waals surface area contributed by atoms with Crippen molar-refractivity contribution in [3.8, 4) is 17.4 Å². The van der Waals surface area contributed by atoms with E-state index in [1.807, 2.05) is 0 Å². The lowest BCUT2D eigenvalue weighted by Crippen LogP contribution is -2.00. The number of carbonyl (C=O) groups is 1. The van der Waals surface area contributed by atoms with Crippen LogP contribution in [0.1, 0.15) is 0 Å². The maximum absolute atomic E-state index is 11.1. The molecular weight excluding hydrogens is 456 g/mol. The van der Waals surface area contributed by atoms with Gasteiger partial charge in [-0.3, -0.25) is 13.9 Å². The van der Waals surface area contributed by atoms with Gasteiger partial charge in [0.1, 0.15) is 0 Å². The third-order valence-corrected chi connectivity index (χ3v) is 5.48. The number of rotatable bonds is 7. The number of aromatic nitrogens is 2. The van der Waals surface area contributed by atoms with E-state index < -0.39 is 32.0 Å². The molecule has 0 radical (unpaired) electrons. The Hall–Kier alpha value is -3.66. The normalized spacial score (nSPS) is 12.2. The third kappa shape index (κ3) is 4.92. The van der Waals surface area contributed by atoms with Gasteiger partial charge in [-0.05, 0) is 48.5 Å².